The molecule has 7 nitrogen and oxygen atoms in total. The van der Waals surface area contributed by atoms with E-state index in [0.29, 0.717) is 17.8 Å². The molecule has 0 spiro atoms. The second kappa shape index (κ2) is 8.24. The van der Waals surface area contributed by atoms with E-state index < -0.39 is 0 Å². The number of ether oxygens (including phenoxy) is 1. The Morgan fingerprint density at radius 1 is 1.07 bits per heavy atom. The molecule has 0 aliphatic carbocycles. The maximum Gasteiger partial charge on any atom is 0.277 e. The number of aryl methyl sites for hydroxylation is 1. The summed E-state index contributed by atoms with van der Waals surface area (Å²) in [5.74, 6) is 0.520. The molecular formula is C23H22N4O3. The molecule has 2 heterocycles. The van der Waals surface area contributed by atoms with E-state index in [4.69, 9.17) is 4.74 Å². The van der Waals surface area contributed by atoms with E-state index in [-0.39, 0.29) is 18.0 Å². The van der Waals surface area contributed by atoms with Crippen LogP contribution in [0.15, 0.2) is 71.8 Å². The van der Waals surface area contributed by atoms with Gasteiger partial charge in [0.25, 0.3) is 5.56 Å². The van der Waals surface area contributed by atoms with Crippen molar-refractivity contribution in [3.05, 3.63) is 88.5 Å². The van der Waals surface area contributed by atoms with Gasteiger partial charge in [0.2, 0.25) is 5.91 Å². The van der Waals surface area contributed by atoms with Crippen molar-refractivity contribution in [1.82, 2.24) is 19.5 Å². The third-order valence-corrected chi connectivity index (χ3v) is 4.91. The Morgan fingerprint density at radius 2 is 1.80 bits per heavy atom. The molecule has 1 amide bonds. The van der Waals surface area contributed by atoms with E-state index >= 15 is 0 Å². The third kappa shape index (κ3) is 4.10. The number of hydrogen-bond acceptors (Lipinski definition) is 4. The maximum absolute atomic E-state index is 12.8. The summed E-state index contributed by atoms with van der Waals surface area (Å²) >= 11 is 0. The van der Waals surface area contributed by atoms with Crippen LogP contribution in [-0.2, 0) is 17.9 Å². The van der Waals surface area contributed by atoms with Crippen LogP contribution in [-0.4, -0.2) is 27.2 Å². The largest absolute Gasteiger partial charge is 0.497 e. The van der Waals surface area contributed by atoms with Gasteiger partial charge in [-0.2, -0.15) is 5.10 Å². The van der Waals surface area contributed by atoms with Crippen molar-refractivity contribution in [2.45, 2.75) is 20.0 Å². The van der Waals surface area contributed by atoms with Crippen LogP contribution in [0.25, 0.3) is 16.8 Å². The molecule has 152 valence electrons. The lowest BCUT2D eigenvalue weighted by Gasteiger charge is -2.08. The van der Waals surface area contributed by atoms with Gasteiger partial charge in [-0.15, -0.1) is 0 Å². The van der Waals surface area contributed by atoms with Crippen LogP contribution >= 0.6 is 0 Å². The lowest BCUT2D eigenvalue weighted by Crippen LogP contribution is -2.32. The molecule has 0 fully saturated rings. The average Bonchev–Trinajstić information content (AvgIpc) is 3.20. The number of nitrogens with one attached hydrogen (secondary N) is 1. The van der Waals surface area contributed by atoms with Gasteiger partial charge in [-0.05, 0) is 30.7 Å². The topological polar surface area (TPSA) is 77.6 Å². The number of aromatic nitrogens is 3. The summed E-state index contributed by atoms with van der Waals surface area (Å²) in [6.07, 6.45) is 3.26. The standard InChI is InChI=1S/C23H22N4O3/c1-16-3-7-18(8-4-16)20-13-21-23(29)26(11-12-27(21)25-20)15-22(28)24-14-17-5-9-19(30-2)10-6-17/h3-13H,14-15H2,1-2H3,(H,24,28). The molecule has 2 aromatic carbocycles. The molecule has 2 aromatic heterocycles. The van der Waals surface area contributed by atoms with Crippen molar-refractivity contribution in [3.63, 3.8) is 0 Å². The number of nitrogens with zero attached hydrogens (tertiary/aromatic N) is 3. The Bertz CT molecular complexity index is 1240. The monoisotopic (exact) mass is 402 g/mol. The minimum absolute atomic E-state index is 0.0590. The van der Waals surface area contributed by atoms with Gasteiger partial charge >= 0.3 is 0 Å². The smallest absolute Gasteiger partial charge is 0.277 e. The van der Waals surface area contributed by atoms with Gasteiger partial charge < -0.3 is 14.6 Å². The second-order valence-corrected chi connectivity index (χ2v) is 7.08. The predicted octanol–water partition coefficient (Wildman–Crippen LogP) is 2.80. The van der Waals surface area contributed by atoms with Crippen LogP contribution in [0.1, 0.15) is 11.1 Å². The highest BCUT2D eigenvalue weighted by Crippen LogP contribution is 2.19. The summed E-state index contributed by atoms with van der Waals surface area (Å²) in [4.78, 5) is 25.2. The Kier molecular flexibility index (Phi) is 5.34. The minimum Gasteiger partial charge on any atom is -0.497 e. The number of hydrogen-bond donors (Lipinski definition) is 1. The summed E-state index contributed by atoms with van der Waals surface area (Å²) in [6.45, 7) is 2.34. The molecule has 30 heavy (non-hydrogen) atoms. The van der Waals surface area contributed by atoms with Gasteiger partial charge in [0.1, 0.15) is 17.8 Å². The number of carbonyl (C=O) groups excluding carboxylic acids is 1. The van der Waals surface area contributed by atoms with E-state index in [1.165, 1.54) is 4.57 Å². The van der Waals surface area contributed by atoms with Gasteiger partial charge in [-0.3, -0.25) is 9.59 Å². The van der Waals surface area contributed by atoms with E-state index in [2.05, 4.69) is 10.4 Å². The molecule has 0 saturated heterocycles. The van der Waals surface area contributed by atoms with E-state index in [1.54, 1.807) is 30.1 Å². The second-order valence-electron chi connectivity index (χ2n) is 7.08. The highest BCUT2D eigenvalue weighted by Gasteiger charge is 2.11. The number of benzene rings is 2. The molecule has 1 N–H and O–H groups in total. The zero-order valence-electron chi connectivity index (χ0n) is 16.8. The van der Waals surface area contributed by atoms with Crippen LogP contribution in [0.2, 0.25) is 0 Å². The Morgan fingerprint density at radius 3 is 2.50 bits per heavy atom. The number of rotatable bonds is 6. The van der Waals surface area contributed by atoms with Crippen LogP contribution in [0, 0.1) is 6.92 Å². The summed E-state index contributed by atoms with van der Waals surface area (Å²) in [6, 6.07) is 17.2. The first-order chi connectivity index (χ1) is 14.5. The number of fused-ring (bicyclic) bond motifs is 1. The molecule has 0 bridgehead atoms. The first kappa shape index (κ1) is 19.4. The van der Waals surface area contributed by atoms with E-state index in [1.807, 2.05) is 55.5 Å². The lowest BCUT2D eigenvalue weighted by atomic mass is 10.1. The van der Waals surface area contributed by atoms with Crippen molar-refractivity contribution in [2.75, 3.05) is 7.11 Å². The summed E-state index contributed by atoms with van der Waals surface area (Å²) < 4.78 is 8.06. The molecule has 0 unspecified atom stereocenters. The summed E-state index contributed by atoms with van der Waals surface area (Å²) in [5.41, 5.74) is 3.93. The highest BCUT2D eigenvalue weighted by molar-refractivity contribution is 5.76. The Labute approximate surface area is 173 Å². The molecule has 7 heteroatoms. The van der Waals surface area contributed by atoms with Gasteiger partial charge in [-0.25, -0.2) is 4.52 Å². The number of amides is 1. The van der Waals surface area contributed by atoms with Gasteiger partial charge in [0.05, 0.1) is 12.8 Å². The Balaban J connectivity index is 1.48. The van der Waals surface area contributed by atoms with E-state index in [0.717, 1.165) is 22.4 Å². The zero-order valence-corrected chi connectivity index (χ0v) is 16.8. The SMILES string of the molecule is COc1ccc(CNC(=O)Cn2ccn3nc(-c4ccc(C)cc4)cc3c2=O)cc1. The van der Waals surface area contributed by atoms with Crippen LogP contribution in [0.4, 0.5) is 0 Å². The zero-order chi connectivity index (χ0) is 21.1. The van der Waals surface area contributed by atoms with Crippen molar-refractivity contribution in [2.24, 2.45) is 0 Å². The first-order valence-corrected chi connectivity index (χ1v) is 9.59. The fourth-order valence-corrected chi connectivity index (χ4v) is 3.17. The maximum atomic E-state index is 12.8. The van der Waals surface area contributed by atoms with Gasteiger partial charge in [-0.1, -0.05) is 42.0 Å². The fraction of sp³-hybridized carbons (Fsp3) is 0.174. The molecule has 0 aliphatic rings. The number of methoxy groups -OCH3 is 1. The lowest BCUT2D eigenvalue weighted by molar-refractivity contribution is -0.121. The normalized spacial score (nSPS) is 10.9. The average molecular weight is 402 g/mol. The van der Waals surface area contributed by atoms with Crippen molar-refractivity contribution < 1.29 is 9.53 Å². The first-order valence-electron chi connectivity index (χ1n) is 9.59. The van der Waals surface area contributed by atoms with Gasteiger partial charge in [0.15, 0.2) is 0 Å². The quantitative estimate of drug-likeness (QED) is 0.538. The van der Waals surface area contributed by atoms with Crippen LogP contribution in [0.3, 0.4) is 0 Å². The van der Waals surface area contributed by atoms with Crippen LogP contribution in [0.5, 0.6) is 5.75 Å². The fourth-order valence-electron chi connectivity index (χ4n) is 3.17. The molecule has 0 saturated carbocycles. The predicted molar refractivity (Wildman–Crippen MR) is 114 cm³/mol. The van der Waals surface area contributed by atoms with Gasteiger partial charge in [0, 0.05) is 24.5 Å². The molecule has 4 aromatic rings. The van der Waals surface area contributed by atoms with Crippen LogP contribution < -0.4 is 15.6 Å². The molecule has 0 aliphatic heterocycles. The summed E-state index contributed by atoms with van der Waals surface area (Å²) in [7, 11) is 1.61. The molecular weight excluding hydrogens is 380 g/mol. The Hall–Kier alpha value is -3.87. The van der Waals surface area contributed by atoms with E-state index in [9.17, 15) is 9.59 Å². The van der Waals surface area contributed by atoms with Crippen molar-refractivity contribution in [3.8, 4) is 17.0 Å². The molecule has 0 atom stereocenters. The third-order valence-electron chi connectivity index (χ3n) is 4.91. The minimum atomic E-state index is -0.261. The molecule has 4 rings (SSSR count). The van der Waals surface area contributed by atoms with Crippen molar-refractivity contribution in [1.29, 1.82) is 0 Å². The van der Waals surface area contributed by atoms with Crippen molar-refractivity contribution >= 4 is 11.4 Å². The highest BCUT2D eigenvalue weighted by atomic mass is 16.5. The summed E-state index contributed by atoms with van der Waals surface area (Å²) in [5, 5.41) is 7.31. The molecule has 0 radical (unpaired) electrons. The number of carbonyl (C=O) groups is 1.